The molecule has 1 fully saturated rings. The summed E-state index contributed by atoms with van der Waals surface area (Å²) in [7, 11) is 0. The number of aromatic nitrogens is 1. The molecule has 1 N–H and O–H groups in total. The molecule has 318 valence electrons. The number of benzene rings is 4. The minimum absolute atomic E-state index is 0.0567. The molecule has 6 rings (SSSR count). The molecule has 61 heavy (non-hydrogen) atoms. The van der Waals surface area contributed by atoms with E-state index in [0.29, 0.717) is 47.2 Å². The molecule has 0 aliphatic heterocycles. The topological polar surface area (TPSA) is 152 Å². The molecule has 12 nitrogen and oxygen atoms in total. The summed E-state index contributed by atoms with van der Waals surface area (Å²) in [6.45, 7) is 7.86. The van der Waals surface area contributed by atoms with Gasteiger partial charge in [-0.2, -0.15) is 5.10 Å². The summed E-state index contributed by atoms with van der Waals surface area (Å²) >= 11 is 1.44. The smallest absolute Gasteiger partial charge is 0.343 e. The molecule has 0 atom stereocenters. The fraction of sp³-hybridized carbons (Fsp3) is 0.333. The molecule has 0 bridgehead atoms. The molecule has 1 aliphatic carbocycles. The van der Waals surface area contributed by atoms with Gasteiger partial charge in [-0.3, -0.25) is 15.0 Å². The number of para-hydroxylation sites is 1. The summed E-state index contributed by atoms with van der Waals surface area (Å²) in [6, 6.07) is 26.0. The summed E-state index contributed by atoms with van der Waals surface area (Å²) < 4.78 is 29.0. The molecule has 13 heteroatoms. The monoisotopic (exact) mass is 845 g/mol. The van der Waals surface area contributed by atoms with Crippen LogP contribution in [0.25, 0.3) is 10.2 Å². The Labute approximate surface area is 359 Å². The van der Waals surface area contributed by atoms with Crippen molar-refractivity contribution in [1.29, 1.82) is 0 Å². The highest BCUT2D eigenvalue weighted by atomic mass is 32.1. The zero-order chi connectivity index (χ0) is 43.0. The lowest BCUT2D eigenvalue weighted by Crippen LogP contribution is -2.25. The van der Waals surface area contributed by atoms with Gasteiger partial charge in [-0.05, 0) is 117 Å². The van der Waals surface area contributed by atoms with Gasteiger partial charge in [-0.25, -0.2) is 14.6 Å². The van der Waals surface area contributed by atoms with Crippen LogP contribution in [0.4, 0.5) is 5.13 Å². The number of hydrogen-bond donors (Lipinski definition) is 1. The third-order valence-electron chi connectivity index (χ3n) is 10.2. The van der Waals surface area contributed by atoms with Crippen LogP contribution < -0.4 is 24.4 Å². The lowest BCUT2D eigenvalue weighted by atomic mass is 9.80. The van der Waals surface area contributed by atoms with Crippen LogP contribution in [0.3, 0.4) is 0 Å². The van der Waals surface area contributed by atoms with Crippen LogP contribution in [0.15, 0.2) is 108 Å². The van der Waals surface area contributed by atoms with Crippen LogP contribution in [0.2, 0.25) is 0 Å². The maximum absolute atomic E-state index is 13.3. The maximum Gasteiger partial charge on any atom is 0.343 e. The number of rotatable bonds is 20. The minimum atomic E-state index is -0.623. The molecular formula is C48H51N3O9S. The number of aryl methyl sites for hydroxylation is 1. The summed E-state index contributed by atoms with van der Waals surface area (Å²) in [6.07, 6.45) is 10.1. The summed E-state index contributed by atoms with van der Waals surface area (Å²) in [5.41, 5.74) is 5.64. The first-order valence-corrected chi connectivity index (χ1v) is 21.5. The second kappa shape index (κ2) is 22.3. The van der Waals surface area contributed by atoms with E-state index in [1.54, 1.807) is 55.5 Å². The quantitative estimate of drug-likeness (QED) is 0.0199. The molecule has 0 unspecified atom stereocenters. The van der Waals surface area contributed by atoms with E-state index in [0.717, 1.165) is 47.4 Å². The molecule has 0 spiro atoms. The van der Waals surface area contributed by atoms with Crippen LogP contribution in [0.5, 0.6) is 23.0 Å². The number of thiazole rings is 1. The third kappa shape index (κ3) is 13.6. The first-order valence-electron chi connectivity index (χ1n) is 20.7. The molecule has 0 saturated heterocycles. The number of esters is 4. The molecule has 1 aliphatic rings. The second-order valence-electron chi connectivity index (χ2n) is 15.0. The van der Waals surface area contributed by atoms with Crippen LogP contribution in [0, 0.1) is 11.8 Å². The van der Waals surface area contributed by atoms with Crippen molar-refractivity contribution in [2.75, 3.05) is 18.6 Å². The summed E-state index contributed by atoms with van der Waals surface area (Å²) in [5.74, 6) is 0.420. The number of nitrogens with one attached hydrogen (secondary N) is 1. The number of anilines is 1. The Balaban J connectivity index is 1.03. The van der Waals surface area contributed by atoms with E-state index in [4.69, 9.17) is 23.7 Å². The molecule has 0 amide bonds. The Morgan fingerprint density at radius 2 is 1.59 bits per heavy atom. The molecular weight excluding hydrogens is 795 g/mol. The van der Waals surface area contributed by atoms with Crippen molar-refractivity contribution in [3.8, 4) is 23.0 Å². The first-order chi connectivity index (χ1) is 29.6. The van der Waals surface area contributed by atoms with Crippen LogP contribution in [0.1, 0.15) is 93.1 Å². The van der Waals surface area contributed by atoms with Gasteiger partial charge < -0.3 is 23.7 Å². The van der Waals surface area contributed by atoms with Crippen molar-refractivity contribution in [1.82, 2.24) is 4.98 Å². The highest BCUT2D eigenvalue weighted by Gasteiger charge is 2.27. The predicted molar refractivity (Wildman–Crippen MR) is 236 cm³/mol. The van der Waals surface area contributed by atoms with E-state index in [-0.39, 0.29) is 42.0 Å². The third-order valence-corrected chi connectivity index (χ3v) is 11.1. The Bertz CT molecular complexity index is 2280. The van der Waals surface area contributed by atoms with Gasteiger partial charge in [0.05, 0.1) is 41.1 Å². The van der Waals surface area contributed by atoms with E-state index < -0.39 is 17.9 Å². The van der Waals surface area contributed by atoms with Gasteiger partial charge in [0.1, 0.15) is 23.0 Å². The number of hydrazone groups is 1. The highest BCUT2D eigenvalue weighted by molar-refractivity contribution is 7.22. The first kappa shape index (κ1) is 44.2. The summed E-state index contributed by atoms with van der Waals surface area (Å²) in [5, 5.41) is 4.91. The van der Waals surface area contributed by atoms with Crippen molar-refractivity contribution in [2.24, 2.45) is 16.9 Å². The Morgan fingerprint density at radius 1 is 0.852 bits per heavy atom. The molecule has 1 heterocycles. The normalized spacial score (nSPS) is 14.9. The molecule has 0 radical (unpaired) electrons. The van der Waals surface area contributed by atoms with Crippen molar-refractivity contribution < 1.29 is 42.9 Å². The molecule has 4 aromatic carbocycles. The average Bonchev–Trinajstić information content (AvgIpc) is 3.69. The standard InChI is InChI=1S/C48H51N3O9S/c1-4-5-9-33-12-17-35(18-13-33)46(54)59-39-21-14-34(15-22-39)16-27-44(52)58-40-25-26-42(37(30-40)31-49-51-48-50-41-10-6-7-11-43(41)61-48)60-47(55)36-19-23-38(24-20-36)56-28-8-29-57-45(53)32(2)3/h6-7,10-11,14-15,19-26,30-31,33,35H,2,4-5,8-9,12-13,16-18,27-29H2,1,3H3,(H,50,51)/b49-31+. The van der Waals surface area contributed by atoms with Crippen LogP contribution >= 0.6 is 11.3 Å². The van der Waals surface area contributed by atoms with E-state index in [9.17, 15) is 19.2 Å². The average molecular weight is 846 g/mol. The number of carbonyl (C=O) groups is 4. The van der Waals surface area contributed by atoms with Gasteiger partial charge in [0.25, 0.3) is 0 Å². The fourth-order valence-electron chi connectivity index (χ4n) is 6.78. The summed E-state index contributed by atoms with van der Waals surface area (Å²) in [4.78, 5) is 55.2. The SMILES string of the molecule is C=C(C)C(=O)OCCCOc1ccc(C(=O)Oc2ccc(OC(=O)CCc3ccc(OC(=O)C4CCC(CCCC)CC4)cc3)cc2/C=N/Nc2nc3ccccc3s2)cc1. The zero-order valence-corrected chi connectivity index (χ0v) is 35.4. The Morgan fingerprint density at radius 3 is 2.33 bits per heavy atom. The van der Waals surface area contributed by atoms with Gasteiger partial charge in [0, 0.05) is 24.0 Å². The fourth-order valence-corrected chi connectivity index (χ4v) is 7.59. The Hall–Kier alpha value is -6.34. The van der Waals surface area contributed by atoms with Gasteiger partial charge >= 0.3 is 23.9 Å². The van der Waals surface area contributed by atoms with Gasteiger partial charge in [-0.1, -0.05) is 68.4 Å². The number of fused-ring (bicyclic) bond motifs is 1. The van der Waals surface area contributed by atoms with Crippen LogP contribution in [-0.4, -0.2) is 48.3 Å². The lowest BCUT2D eigenvalue weighted by Gasteiger charge is -2.27. The van der Waals surface area contributed by atoms with Crippen molar-refractivity contribution in [2.45, 2.75) is 78.1 Å². The maximum atomic E-state index is 13.3. The predicted octanol–water partition coefficient (Wildman–Crippen LogP) is 10.3. The second-order valence-corrected chi connectivity index (χ2v) is 16.0. The lowest BCUT2D eigenvalue weighted by molar-refractivity contribution is -0.140. The molecule has 1 saturated carbocycles. The van der Waals surface area contributed by atoms with Crippen LogP contribution in [-0.2, 0) is 25.5 Å². The largest absolute Gasteiger partial charge is 0.493 e. The number of nitrogens with zero attached hydrogens (tertiary/aromatic N) is 2. The van der Waals surface area contributed by atoms with E-state index in [2.05, 4.69) is 29.0 Å². The van der Waals surface area contributed by atoms with Gasteiger partial charge in [-0.15, -0.1) is 0 Å². The van der Waals surface area contributed by atoms with E-state index >= 15 is 0 Å². The van der Waals surface area contributed by atoms with Crippen molar-refractivity contribution in [3.63, 3.8) is 0 Å². The number of carbonyl (C=O) groups excluding carboxylic acids is 4. The molecule has 1 aromatic heterocycles. The highest BCUT2D eigenvalue weighted by Crippen LogP contribution is 2.33. The van der Waals surface area contributed by atoms with Crippen molar-refractivity contribution in [3.05, 3.63) is 120 Å². The van der Waals surface area contributed by atoms with E-state index in [1.807, 2.05) is 36.4 Å². The van der Waals surface area contributed by atoms with Gasteiger partial charge in [0.2, 0.25) is 5.13 Å². The molecule has 5 aromatic rings. The number of unbranched alkanes of at least 4 members (excludes halogenated alkanes) is 1. The van der Waals surface area contributed by atoms with Crippen molar-refractivity contribution >= 4 is 56.8 Å². The zero-order valence-electron chi connectivity index (χ0n) is 34.6. The Kier molecular flexibility index (Phi) is 16.2. The van der Waals surface area contributed by atoms with Gasteiger partial charge in [0.15, 0.2) is 0 Å². The minimum Gasteiger partial charge on any atom is -0.493 e. The number of hydrogen-bond acceptors (Lipinski definition) is 13. The number of ether oxygens (including phenoxy) is 5. The van der Waals surface area contributed by atoms with E-state index in [1.165, 1.54) is 42.9 Å².